The molecular weight excluding hydrogens is 164 g/mol. The summed E-state index contributed by atoms with van der Waals surface area (Å²) in [5.41, 5.74) is 0. The van der Waals surface area contributed by atoms with E-state index < -0.39 is 0 Å². The van der Waals surface area contributed by atoms with Gasteiger partial charge in [0.25, 0.3) is 0 Å². The molecule has 0 unspecified atom stereocenters. The minimum atomic E-state index is 1.20. The molecule has 0 aromatic rings. The van der Waals surface area contributed by atoms with Crippen LogP contribution >= 0.6 is 15.9 Å². The second-order valence-electron chi connectivity index (χ2n) is 1.84. The molecule has 0 aliphatic heterocycles. The van der Waals surface area contributed by atoms with Gasteiger partial charge in [0, 0.05) is 0 Å². The summed E-state index contributed by atoms with van der Waals surface area (Å²) in [5, 5.41) is 0. The molecule has 0 fully saturated rings. The zero-order valence-electron chi connectivity index (χ0n) is 5.58. The molecule has 1 heteroatoms. The predicted octanol–water partition coefficient (Wildman–Crippen LogP) is 3.48. The fraction of sp³-hybridized carbons (Fsp3) is 0.714. The lowest BCUT2D eigenvalue weighted by atomic mass is 10.2. The quantitative estimate of drug-likeness (QED) is 0.619. The molecule has 48 valence electrons. The van der Waals surface area contributed by atoms with E-state index in [0.717, 1.165) is 0 Å². The molecule has 0 N–H and O–H groups in total. The molecule has 8 heavy (non-hydrogen) atoms. The van der Waals surface area contributed by atoms with Crippen LogP contribution in [0.25, 0.3) is 0 Å². The summed E-state index contributed by atoms with van der Waals surface area (Å²) in [6.45, 7) is 4.26. The van der Waals surface area contributed by atoms with Gasteiger partial charge < -0.3 is 0 Å². The van der Waals surface area contributed by atoms with Gasteiger partial charge in [0.1, 0.15) is 0 Å². The molecule has 0 spiro atoms. The molecule has 0 nitrogen and oxygen atoms in total. The first kappa shape index (κ1) is 8.22. The summed E-state index contributed by atoms with van der Waals surface area (Å²) in [6, 6.07) is 0. The minimum Gasteiger partial charge on any atom is -0.0775 e. The van der Waals surface area contributed by atoms with E-state index >= 15 is 0 Å². The van der Waals surface area contributed by atoms with Crippen LogP contribution in [0.5, 0.6) is 0 Å². The molecule has 0 atom stereocenters. The van der Waals surface area contributed by atoms with E-state index in [1.807, 2.05) is 0 Å². The molecule has 0 bridgehead atoms. The minimum absolute atomic E-state index is 1.20. The van der Waals surface area contributed by atoms with E-state index in [0.29, 0.717) is 0 Å². The van der Waals surface area contributed by atoms with Crippen molar-refractivity contribution in [2.24, 2.45) is 0 Å². The van der Waals surface area contributed by atoms with E-state index in [1.54, 1.807) is 0 Å². The number of rotatable bonds is 3. The molecule has 0 rings (SSSR count). The second-order valence-corrected chi connectivity index (χ2v) is 2.86. The Morgan fingerprint density at radius 2 is 2.25 bits per heavy atom. The van der Waals surface area contributed by atoms with Crippen molar-refractivity contribution in [1.29, 1.82) is 0 Å². The van der Waals surface area contributed by atoms with Crippen LogP contribution in [0.2, 0.25) is 0 Å². The predicted molar refractivity (Wildman–Crippen MR) is 42.2 cm³/mol. The summed E-state index contributed by atoms with van der Waals surface area (Å²) in [7, 11) is 0. The van der Waals surface area contributed by atoms with Crippen molar-refractivity contribution < 1.29 is 0 Å². The van der Waals surface area contributed by atoms with Crippen LogP contribution in [-0.4, -0.2) is 0 Å². The van der Waals surface area contributed by atoms with E-state index in [9.17, 15) is 0 Å². The SMILES string of the molecule is CC=C(Br)CCCC. The van der Waals surface area contributed by atoms with Gasteiger partial charge in [0.05, 0.1) is 0 Å². The Morgan fingerprint density at radius 1 is 1.62 bits per heavy atom. The number of hydrogen-bond donors (Lipinski definition) is 0. The monoisotopic (exact) mass is 176 g/mol. The Bertz CT molecular complexity index is 74.5. The van der Waals surface area contributed by atoms with Gasteiger partial charge in [-0.3, -0.25) is 0 Å². The lowest BCUT2D eigenvalue weighted by Gasteiger charge is -1.92. The number of allylic oxidation sites excluding steroid dienone is 2. The molecule has 0 aromatic heterocycles. The van der Waals surface area contributed by atoms with Crippen molar-refractivity contribution in [3.05, 3.63) is 10.6 Å². The first-order valence-corrected chi connectivity index (χ1v) is 3.91. The number of halogens is 1. The van der Waals surface area contributed by atoms with Gasteiger partial charge in [-0.25, -0.2) is 0 Å². The van der Waals surface area contributed by atoms with Gasteiger partial charge in [-0.2, -0.15) is 0 Å². The smallest absolute Gasteiger partial charge is 0.00920 e. The fourth-order valence-corrected chi connectivity index (χ4v) is 0.770. The van der Waals surface area contributed by atoms with Gasteiger partial charge in [-0.15, -0.1) is 0 Å². The Balaban J connectivity index is 3.12. The van der Waals surface area contributed by atoms with Crippen LogP contribution in [-0.2, 0) is 0 Å². The van der Waals surface area contributed by atoms with Gasteiger partial charge >= 0.3 is 0 Å². The summed E-state index contributed by atoms with van der Waals surface area (Å²) in [5.74, 6) is 0. The first-order chi connectivity index (χ1) is 3.81. The maximum Gasteiger partial charge on any atom is -0.00920 e. The average Bonchev–Trinajstić information content (AvgIpc) is 1.83. The molecule has 0 aromatic carbocycles. The van der Waals surface area contributed by atoms with Crippen molar-refractivity contribution in [1.82, 2.24) is 0 Å². The standard InChI is InChI=1S/C7H13Br/c1-3-5-6-7(8)4-2/h4H,3,5-6H2,1-2H3. The Morgan fingerprint density at radius 3 is 2.62 bits per heavy atom. The van der Waals surface area contributed by atoms with E-state index in [2.05, 4.69) is 35.9 Å². The fourth-order valence-electron chi connectivity index (χ4n) is 0.490. The van der Waals surface area contributed by atoms with Gasteiger partial charge in [-0.05, 0) is 24.2 Å². The molecule has 0 saturated heterocycles. The highest BCUT2D eigenvalue weighted by atomic mass is 79.9. The van der Waals surface area contributed by atoms with Crippen molar-refractivity contribution in [2.45, 2.75) is 33.1 Å². The lowest BCUT2D eigenvalue weighted by molar-refractivity contribution is 0.809. The third-order valence-electron chi connectivity index (χ3n) is 1.08. The summed E-state index contributed by atoms with van der Waals surface area (Å²) in [4.78, 5) is 0. The zero-order chi connectivity index (χ0) is 6.41. The van der Waals surface area contributed by atoms with Crippen molar-refractivity contribution >= 4 is 15.9 Å². The van der Waals surface area contributed by atoms with E-state index in [4.69, 9.17) is 0 Å². The van der Waals surface area contributed by atoms with Crippen molar-refractivity contribution in [3.8, 4) is 0 Å². The maximum atomic E-state index is 3.44. The topological polar surface area (TPSA) is 0 Å². The third kappa shape index (κ3) is 4.38. The Kier molecular flexibility index (Phi) is 5.51. The van der Waals surface area contributed by atoms with Crippen LogP contribution in [0.3, 0.4) is 0 Å². The molecule has 0 aliphatic rings. The van der Waals surface area contributed by atoms with E-state index in [-0.39, 0.29) is 0 Å². The molecule has 0 heterocycles. The highest BCUT2D eigenvalue weighted by Gasteiger charge is 1.85. The van der Waals surface area contributed by atoms with Crippen molar-refractivity contribution in [3.63, 3.8) is 0 Å². The maximum absolute atomic E-state index is 3.44. The van der Waals surface area contributed by atoms with Gasteiger partial charge in [0.2, 0.25) is 0 Å². The van der Waals surface area contributed by atoms with Crippen LogP contribution in [0, 0.1) is 0 Å². The Hall–Kier alpha value is 0.220. The largest absolute Gasteiger partial charge is 0.0775 e. The highest BCUT2D eigenvalue weighted by molar-refractivity contribution is 9.11. The molecule has 0 radical (unpaired) electrons. The summed E-state index contributed by atoms with van der Waals surface area (Å²) in [6.07, 6.45) is 5.89. The number of hydrogen-bond acceptors (Lipinski definition) is 0. The average molecular weight is 177 g/mol. The first-order valence-electron chi connectivity index (χ1n) is 3.12. The normalized spacial score (nSPS) is 12.1. The van der Waals surface area contributed by atoms with Gasteiger partial charge in [0.15, 0.2) is 0 Å². The highest BCUT2D eigenvalue weighted by Crippen LogP contribution is 2.12. The zero-order valence-corrected chi connectivity index (χ0v) is 7.16. The number of unbranched alkanes of at least 4 members (excludes halogenated alkanes) is 1. The molecule has 0 aliphatic carbocycles. The molecule has 0 amide bonds. The Labute approximate surface area is 60.1 Å². The van der Waals surface area contributed by atoms with Gasteiger partial charge in [-0.1, -0.05) is 35.4 Å². The lowest BCUT2D eigenvalue weighted by Crippen LogP contribution is -1.70. The van der Waals surface area contributed by atoms with Crippen LogP contribution in [0.1, 0.15) is 33.1 Å². The summed E-state index contributed by atoms with van der Waals surface area (Å²) < 4.78 is 1.33. The third-order valence-corrected chi connectivity index (χ3v) is 1.94. The van der Waals surface area contributed by atoms with Crippen LogP contribution in [0.15, 0.2) is 10.6 Å². The molecular formula is C7H13Br. The van der Waals surface area contributed by atoms with E-state index in [1.165, 1.54) is 23.7 Å². The van der Waals surface area contributed by atoms with Crippen LogP contribution in [0.4, 0.5) is 0 Å². The van der Waals surface area contributed by atoms with Crippen molar-refractivity contribution in [2.75, 3.05) is 0 Å². The summed E-state index contributed by atoms with van der Waals surface area (Å²) >= 11 is 3.44. The second kappa shape index (κ2) is 5.36. The molecule has 0 saturated carbocycles. The van der Waals surface area contributed by atoms with Crippen LogP contribution < -0.4 is 0 Å².